The van der Waals surface area contributed by atoms with Gasteiger partial charge in [0, 0.05) is 5.56 Å². The lowest BCUT2D eigenvalue weighted by Gasteiger charge is -1.99. The molecular formula is C10H8FN3. The number of anilines is 1. The van der Waals surface area contributed by atoms with E-state index in [4.69, 9.17) is 5.73 Å². The number of aromatic nitrogens is 2. The Balaban J connectivity index is 2.44. The van der Waals surface area contributed by atoms with E-state index in [1.807, 2.05) is 0 Å². The Morgan fingerprint density at radius 1 is 1.14 bits per heavy atom. The van der Waals surface area contributed by atoms with Crippen LogP contribution in [0, 0.1) is 5.82 Å². The van der Waals surface area contributed by atoms with E-state index < -0.39 is 0 Å². The number of hydrogen-bond acceptors (Lipinski definition) is 3. The summed E-state index contributed by atoms with van der Waals surface area (Å²) in [5, 5.41) is 0. The van der Waals surface area contributed by atoms with E-state index in [0.717, 1.165) is 0 Å². The second kappa shape index (κ2) is 3.41. The van der Waals surface area contributed by atoms with Gasteiger partial charge in [-0.15, -0.1) is 0 Å². The molecule has 1 aromatic heterocycles. The first kappa shape index (κ1) is 8.62. The summed E-state index contributed by atoms with van der Waals surface area (Å²) >= 11 is 0. The monoisotopic (exact) mass is 189 g/mol. The van der Waals surface area contributed by atoms with Crippen molar-refractivity contribution in [1.82, 2.24) is 9.97 Å². The van der Waals surface area contributed by atoms with Crippen LogP contribution in [0.5, 0.6) is 0 Å². The highest BCUT2D eigenvalue weighted by molar-refractivity contribution is 5.58. The summed E-state index contributed by atoms with van der Waals surface area (Å²) in [5.41, 5.74) is 6.69. The molecule has 0 amide bonds. The molecule has 14 heavy (non-hydrogen) atoms. The molecule has 1 heterocycles. The normalized spacial score (nSPS) is 10.1. The molecule has 0 saturated heterocycles. The van der Waals surface area contributed by atoms with Gasteiger partial charge in [0.1, 0.15) is 11.6 Å². The molecule has 2 aromatic rings. The van der Waals surface area contributed by atoms with Crippen LogP contribution in [0.4, 0.5) is 10.2 Å². The summed E-state index contributed by atoms with van der Waals surface area (Å²) in [6.45, 7) is 0. The minimum absolute atomic E-state index is 0.291. The first-order valence-electron chi connectivity index (χ1n) is 4.09. The Morgan fingerprint density at radius 3 is 2.64 bits per heavy atom. The molecule has 1 aromatic carbocycles. The van der Waals surface area contributed by atoms with Crippen LogP contribution < -0.4 is 5.73 Å². The van der Waals surface area contributed by atoms with Crippen molar-refractivity contribution in [2.45, 2.75) is 0 Å². The summed E-state index contributed by atoms with van der Waals surface area (Å²) < 4.78 is 12.9. The largest absolute Gasteiger partial charge is 0.382 e. The van der Waals surface area contributed by atoms with Gasteiger partial charge < -0.3 is 5.73 Å². The van der Waals surface area contributed by atoms with Crippen molar-refractivity contribution in [3.63, 3.8) is 0 Å². The van der Waals surface area contributed by atoms with Gasteiger partial charge in [0.25, 0.3) is 0 Å². The first-order valence-corrected chi connectivity index (χ1v) is 4.09. The fourth-order valence-corrected chi connectivity index (χ4v) is 1.13. The molecule has 2 N–H and O–H groups in total. The van der Waals surface area contributed by atoms with Crippen LogP contribution in [-0.4, -0.2) is 9.97 Å². The quantitative estimate of drug-likeness (QED) is 0.744. The second-order valence-electron chi connectivity index (χ2n) is 2.84. The molecular weight excluding hydrogens is 181 g/mol. The minimum Gasteiger partial charge on any atom is -0.382 e. The third kappa shape index (κ3) is 1.69. The molecule has 0 aliphatic rings. The minimum atomic E-state index is -0.291. The number of nitrogens with two attached hydrogens (primary N) is 1. The van der Waals surface area contributed by atoms with E-state index in [0.29, 0.717) is 17.1 Å². The Bertz CT molecular complexity index is 439. The van der Waals surface area contributed by atoms with Crippen molar-refractivity contribution < 1.29 is 4.39 Å². The molecule has 0 saturated carbocycles. The molecule has 0 radical (unpaired) electrons. The molecule has 70 valence electrons. The number of halogens is 1. The highest BCUT2D eigenvalue weighted by Crippen LogP contribution is 2.16. The lowest BCUT2D eigenvalue weighted by Crippen LogP contribution is -1.92. The average molecular weight is 189 g/mol. The number of nitrogens with zero attached hydrogens (tertiary/aromatic N) is 2. The summed E-state index contributed by atoms with van der Waals surface area (Å²) in [4.78, 5) is 7.91. The maximum absolute atomic E-state index is 12.9. The van der Waals surface area contributed by atoms with Gasteiger partial charge in [-0.3, -0.25) is 4.98 Å². The Labute approximate surface area is 80.4 Å². The van der Waals surface area contributed by atoms with Gasteiger partial charge in [-0.2, -0.15) is 0 Å². The second-order valence-corrected chi connectivity index (χ2v) is 2.84. The van der Waals surface area contributed by atoms with Crippen molar-refractivity contribution in [2.75, 3.05) is 5.73 Å². The predicted octanol–water partition coefficient (Wildman–Crippen LogP) is 1.86. The summed E-state index contributed by atoms with van der Waals surface area (Å²) in [6, 6.07) is 6.18. The van der Waals surface area contributed by atoms with E-state index in [1.165, 1.54) is 24.5 Å². The van der Waals surface area contributed by atoms with E-state index >= 15 is 0 Å². The molecule has 0 spiro atoms. The van der Waals surface area contributed by atoms with Crippen molar-refractivity contribution >= 4 is 5.82 Å². The van der Waals surface area contributed by atoms with Crippen LogP contribution >= 0.6 is 0 Å². The molecule has 0 aliphatic heterocycles. The van der Waals surface area contributed by atoms with Crippen molar-refractivity contribution in [1.29, 1.82) is 0 Å². The van der Waals surface area contributed by atoms with Crippen molar-refractivity contribution in [3.05, 3.63) is 42.5 Å². The third-order valence-electron chi connectivity index (χ3n) is 1.79. The van der Waals surface area contributed by atoms with Crippen LogP contribution in [0.3, 0.4) is 0 Å². The Kier molecular flexibility index (Phi) is 2.10. The van der Waals surface area contributed by atoms with Crippen LogP contribution in [0.25, 0.3) is 11.3 Å². The fourth-order valence-electron chi connectivity index (χ4n) is 1.13. The van der Waals surface area contributed by atoms with Crippen molar-refractivity contribution in [3.8, 4) is 11.3 Å². The highest BCUT2D eigenvalue weighted by atomic mass is 19.1. The lowest BCUT2D eigenvalue weighted by molar-refractivity contribution is 0.628. The van der Waals surface area contributed by atoms with Gasteiger partial charge in [0.2, 0.25) is 0 Å². The molecule has 0 atom stereocenters. The highest BCUT2D eigenvalue weighted by Gasteiger charge is 2.00. The van der Waals surface area contributed by atoms with E-state index in [9.17, 15) is 4.39 Å². The van der Waals surface area contributed by atoms with Crippen LogP contribution in [-0.2, 0) is 0 Å². The number of rotatable bonds is 1. The maximum Gasteiger partial charge on any atom is 0.141 e. The zero-order valence-electron chi connectivity index (χ0n) is 7.31. The number of benzene rings is 1. The van der Waals surface area contributed by atoms with Crippen LogP contribution in [0.1, 0.15) is 0 Å². The Hall–Kier alpha value is -1.97. The smallest absolute Gasteiger partial charge is 0.141 e. The van der Waals surface area contributed by atoms with E-state index in [1.54, 1.807) is 12.1 Å². The zero-order valence-corrected chi connectivity index (χ0v) is 7.31. The summed E-state index contributed by atoms with van der Waals surface area (Å²) in [7, 11) is 0. The molecule has 4 heteroatoms. The number of hydrogen-bond donors (Lipinski definition) is 1. The van der Waals surface area contributed by atoms with E-state index in [-0.39, 0.29) is 5.82 Å². The summed E-state index contributed by atoms with van der Waals surface area (Å²) in [5.74, 6) is 0.0614. The average Bonchev–Trinajstić information content (AvgIpc) is 2.19. The molecule has 0 fully saturated rings. The van der Waals surface area contributed by atoms with Gasteiger partial charge in [-0.25, -0.2) is 9.37 Å². The number of nitrogen functional groups attached to an aromatic ring is 1. The topological polar surface area (TPSA) is 51.8 Å². The fraction of sp³-hybridized carbons (Fsp3) is 0. The van der Waals surface area contributed by atoms with Gasteiger partial charge in [-0.1, -0.05) is 12.1 Å². The molecule has 0 bridgehead atoms. The van der Waals surface area contributed by atoms with Crippen LogP contribution in [0.2, 0.25) is 0 Å². The SMILES string of the molecule is Nc1cnc(-c2cccc(F)c2)cn1. The maximum atomic E-state index is 12.9. The Morgan fingerprint density at radius 2 is 2.00 bits per heavy atom. The first-order chi connectivity index (χ1) is 6.75. The van der Waals surface area contributed by atoms with Crippen molar-refractivity contribution in [2.24, 2.45) is 0 Å². The van der Waals surface area contributed by atoms with Crippen LogP contribution in [0.15, 0.2) is 36.7 Å². The molecule has 0 aliphatic carbocycles. The van der Waals surface area contributed by atoms with Gasteiger partial charge in [0.15, 0.2) is 0 Å². The molecule has 3 nitrogen and oxygen atoms in total. The predicted molar refractivity (Wildman–Crippen MR) is 51.8 cm³/mol. The standard InChI is InChI=1S/C10H8FN3/c11-8-3-1-2-7(4-8)9-5-14-10(12)6-13-9/h1-6H,(H2,12,14). The van der Waals surface area contributed by atoms with Gasteiger partial charge in [-0.05, 0) is 12.1 Å². The lowest BCUT2D eigenvalue weighted by atomic mass is 10.1. The van der Waals surface area contributed by atoms with Gasteiger partial charge >= 0.3 is 0 Å². The molecule has 2 rings (SSSR count). The van der Waals surface area contributed by atoms with Gasteiger partial charge in [0.05, 0.1) is 18.1 Å². The van der Waals surface area contributed by atoms with E-state index in [2.05, 4.69) is 9.97 Å². The summed E-state index contributed by atoms with van der Waals surface area (Å²) in [6.07, 6.45) is 2.96. The molecule has 0 unspecified atom stereocenters. The zero-order chi connectivity index (χ0) is 9.97. The third-order valence-corrected chi connectivity index (χ3v) is 1.79.